The number of nitrogens with zero attached hydrogens (tertiary/aromatic N) is 1. The highest BCUT2D eigenvalue weighted by atomic mass is 32.3. The lowest BCUT2D eigenvalue weighted by Crippen LogP contribution is -2.23. The Morgan fingerprint density at radius 1 is 1.00 bits per heavy atom. The molecule has 0 heterocycles. The Kier molecular flexibility index (Phi) is 2.10. The van der Waals surface area contributed by atoms with Crippen molar-refractivity contribution in [1.82, 2.24) is 0 Å². The molecule has 8 nitrogen and oxygen atoms in total. The molecule has 0 amide bonds. The molecule has 0 fully saturated rings. The van der Waals surface area contributed by atoms with Gasteiger partial charge < -0.3 is 0 Å². The van der Waals surface area contributed by atoms with Gasteiger partial charge in [-0.05, 0) is 5.53 Å². The number of hydrogen-bond acceptors (Lipinski definition) is 5. The van der Waals surface area contributed by atoms with Gasteiger partial charge in [0.2, 0.25) is 0 Å². The van der Waals surface area contributed by atoms with Gasteiger partial charge in [-0.2, -0.15) is 0 Å². The fraction of sp³-hybridized carbons (Fsp3) is 0. The topological polar surface area (TPSA) is 136 Å². The first-order valence-corrected chi connectivity index (χ1v) is 4.41. The van der Waals surface area contributed by atoms with Crippen LogP contribution in [0.5, 0.6) is 0 Å². The summed E-state index contributed by atoms with van der Waals surface area (Å²) in [6, 6.07) is 0. The molecule has 0 aromatic carbocycles. The highest BCUT2D eigenvalue weighted by Gasteiger charge is 2.35. The van der Waals surface area contributed by atoms with Crippen molar-refractivity contribution in [2.75, 3.05) is 0 Å². The zero-order valence-electron chi connectivity index (χ0n) is 4.29. The van der Waals surface area contributed by atoms with Crippen LogP contribution in [0.3, 0.4) is 0 Å². The van der Waals surface area contributed by atoms with E-state index in [4.69, 9.17) is 14.6 Å². The van der Waals surface area contributed by atoms with E-state index >= 15 is 0 Å². The molecule has 10 heavy (non-hydrogen) atoms. The SMILES string of the molecule is N=[N+](S(=O)(=O)O)S(=O)(=O)O. The van der Waals surface area contributed by atoms with E-state index < -0.39 is 24.1 Å². The van der Waals surface area contributed by atoms with E-state index in [0.717, 1.165) is 0 Å². The van der Waals surface area contributed by atoms with Crippen LogP contribution in [-0.4, -0.2) is 29.4 Å². The van der Waals surface area contributed by atoms with Crippen LogP contribution < -0.4 is 0 Å². The third kappa shape index (κ3) is 2.34. The van der Waals surface area contributed by atoms with E-state index in [1.165, 1.54) is 0 Å². The number of rotatable bonds is 2. The lowest BCUT2D eigenvalue weighted by atomic mass is 13.2. The number of hydrogen-bond donors (Lipinski definition) is 3. The maximum Gasteiger partial charge on any atom is 0.550 e. The van der Waals surface area contributed by atoms with E-state index in [0.29, 0.717) is 0 Å². The van der Waals surface area contributed by atoms with Crippen LogP contribution in [0.4, 0.5) is 0 Å². The minimum Gasteiger partial charge on any atom is -0.230 e. The van der Waals surface area contributed by atoms with Crippen molar-refractivity contribution < 1.29 is 29.4 Å². The van der Waals surface area contributed by atoms with Crippen molar-refractivity contribution in [1.29, 1.82) is 5.53 Å². The van der Waals surface area contributed by atoms with Gasteiger partial charge in [0.25, 0.3) is 0 Å². The van der Waals surface area contributed by atoms with E-state index in [2.05, 4.69) is 0 Å². The summed E-state index contributed by atoms with van der Waals surface area (Å²) in [5.41, 5.74) is 6.03. The minimum absolute atomic E-state index is 1.32. The molecule has 0 spiro atoms. The Morgan fingerprint density at radius 2 is 1.20 bits per heavy atom. The molecule has 0 radical (unpaired) electrons. The van der Waals surface area contributed by atoms with E-state index in [9.17, 15) is 16.8 Å². The largest absolute Gasteiger partial charge is 0.550 e. The molecule has 0 aromatic heterocycles. The summed E-state index contributed by atoms with van der Waals surface area (Å²) in [5, 5.41) is 0. The molecule has 10 heteroatoms. The molecule has 0 saturated carbocycles. The first kappa shape index (κ1) is 9.42. The molecular formula is H3N2O6S2+. The van der Waals surface area contributed by atoms with Crippen molar-refractivity contribution in [3.05, 3.63) is 0 Å². The van der Waals surface area contributed by atoms with Gasteiger partial charge in [0.15, 0.2) is 3.51 Å². The lowest BCUT2D eigenvalue weighted by molar-refractivity contribution is -0.318. The highest BCUT2D eigenvalue weighted by molar-refractivity contribution is 7.91. The first-order valence-electron chi connectivity index (χ1n) is 1.62. The average molecular weight is 191 g/mol. The maximum atomic E-state index is 9.73. The molecule has 0 saturated heterocycles. The van der Waals surface area contributed by atoms with Crippen molar-refractivity contribution in [3.63, 3.8) is 0 Å². The molecular weight excluding hydrogens is 188 g/mol. The smallest absolute Gasteiger partial charge is 0.230 e. The van der Waals surface area contributed by atoms with Crippen molar-refractivity contribution in [2.24, 2.45) is 0 Å². The summed E-state index contributed by atoms with van der Waals surface area (Å²) in [7, 11) is -10.4. The quantitative estimate of drug-likeness (QED) is 0.280. The summed E-state index contributed by atoms with van der Waals surface area (Å²) in [6.07, 6.45) is 0. The molecule has 60 valence electrons. The summed E-state index contributed by atoms with van der Waals surface area (Å²) in [4.78, 5) is 0. The van der Waals surface area contributed by atoms with Gasteiger partial charge in [-0.15, -0.1) is 16.8 Å². The Hall–Kier alpha value is -0.580. The molecule has 0 aliphatic rings. The summed E-state index contributed by atoms with van der Waals surface area (Å²) < 4.78 is 53.2. The second kappa shape index (κ2) is 2.23. The van der Waals surface area contributed by atoms with Gasteiger partial charge in [0.1, 0.15) is 0 Å². The minimum atomic E-state index is -5.20. The Labute approximate surface area is 56.3 Å². The Bertz CT molecular complexity index is 296. The molecule has 0 rings (SSSR count). The van der Waals surface area contributed by atoms with Crippen LogP contribution in [0.25, 0.3) is 0 Å². The molecule has 0 aromatic rings. The van der Waals surface area contributed by atoms with Crippen LogP contribution in [0.15, 0.2) is 0 Å². The van der Waals surface area contributed by atoms with Gasteiger partial charge in [-0.3, -0.25) is 0 Å². The Balaban J connectivity index is 5.16. The van der Waals surface area contributed by atoms with Gasteiger partial charge in [-0.1, -0.05) is 0 Å². The van der Waals surface area contributed by atoms with E-state index in [1.54, 1.807) is 0 Å². The second-order valence-electron chi connectivity index (χ2n) is 1.15. The molecule has 0 unspecified atom stereocenters. The predicted octanol–water partition coefficient (Wildman–Crippen LogP) is -1.36. The third-order valence-corrected chi connectivity index (χ3v) is 2.39. The van der Waals surface area contributed by atoms with Crippen molar-refractivity contribution >= 4 is 20.6 Å². The normalized spacial score (nSPS) is 13.0. The van der Waals surface area contributed by atoms with E-state index in [1.807, 2.05) is 0 Å². The zero-order chi connectivity index (χ0) is 8.58. The fourth-order valence-corrected chi connectivity index (χ4v) is 1.07. The van der Waals surface area contributed by atoms with Crippen LogP contribution in [0.1, 0.15) is 0 Å². The summed E-state index contributed by atoms with van der Waals surface area (Å²) in [5.74, 6) is 0. The first-order chi connectivity index (χ1) is 4.15. The van der Waals surface area contributed by atoms with Gasteiger partial charge in [0, 0.05) is 0 Å². The Morgan fingerprint density at radius 3 is 1.20 bits per heavy atom. The average Bonchev–Trinajstić information content (AvgIpc) is 1.59. The molecule has 0 aliphatic carbocycles. The summed E-state index contributed by atoms with van der Waals surface area (Å²) >= 11 is 0. The second-order valence-corrected chi connectivity index (χ2v) is 3.91. The highest BCUT2D eigenvalue weighted by Crippen LogP contribution is 1.91. The van der Waals surface area contributed by atoms with Crippen LogP contribution in [0, 0.1) is 5.53 Å². The molecule has 0 atom stereocenters. The fourth-order valence-electron chi connectivity index (χ4n) is 0.119. The predicted molar refractivity (Wildman–Crippen MR) is 26.1 cm³/mol. The van der Waals surface area contributed by atoms with Crippen LogP contribution in [-0.2, 0) is 20.6 Å². The van der Waals surface area contributed by atoms with Crippen molar-refractivity contribution in [2.45, 2.75) is 0 Å². The van der Waals surface area contributed by atoms with Gasteiger partial charge in [0.05, 0.1) is 0 Å². The van der Waals surface area contributed by atoms with Gasteiger partial charge in [-0.25, -0.2) is 9.11 Å². The standard InChI is InChI=1S/H2N2O6S2/c1-2(9(3,4)5)10(6,7)8/h1H,(H-,3,4,5,6,7,8)/p+1. The monoisotopic (exact) mass is 191 g/mol. The number of nitrogens with one attached hydrogen (secondary N) is 1. The lowest BCUT2D eigenvalue weighted by Gasteiger charge is -1.83. The molecule has 3 N–H and O–H groups in total. The zero-order valence-corrected chi connectivity index (χ0v) is 5.92. The van der Waals surface area contributed by atoms with E-state index in [-0.39, 0.29) is 0 Å². The molecule has 0 bridgehead atoms. The summed E-state index contributed by atoms with van der Waals surface area (Å²) in [6.45, 7) is 0. The third-order valence-electron chi connectivity index (χ3n) is 0.419. The maximum absolute atomic E-state index is 9.73. The van der Waals surface area contributed by atoms with Crippen molar-refractivity contribution in [3.8, 4) is 0 Å². The molecule has 0 aliphatic heterocycles. The van der Waals surface area contributed by atoms with Crippen LogP contribution >= 0.6 is 0 Å². The van der Waals surface area contributed by atoms with Gasteiger partial charge >= 0.3 is 20.6 Å². The van der Waals surface area contributed by atoms with Crippen LogP contribution in [0.2, 0.25) is 0 Å².